The van der Waals surface area contributed by atoms with Gasteiger partial charge < -0.3 is 19.3 Å². The number of aryl methyl sites for hydroxylation is 1. The molecule has 0 radical (unpaired) electrons. The first-order chi connectivity index (χ1) is 17.5. The third-order valence-corrected chi connectivity index (χ3v) is 6.21. The third-order valence-electron chi connectivity index (χ3n) is 6.21. The van der Waals surface area contributed by atoms with Crippen LogP contribution in [0, 0.1) is 6.92 Å². The maximum absolute atomic E-state index is 13.3. The molecule has 0 aliphatic carbocycles. The lowest BCUT2D eigenvalue weighted by atomic mass is 9.94. The Labute approximate surface area is 209 Å². The Hall–Kier alpha value is -4.59. The molecule has 1 N–H and O–H groups in total. The molecule has 8 nitrogen and oxygen atoms in total. The van der Waals surface area contributed by atoms with E-state index in [1.165, 1.54) is 0 Å². The fourth-order valence-corrected chi connectivity index (χ4v) is 4.28. The second-order valence-corrected chi connectivity index (χ2v) is 8.48. The highest BCUT2D eigenvalue weighted by Crippen LogP contribution is 2.39. The molecule has 0 bridgehead atoms. The number of amides is 2. The SMILES string of the molecule is COc1ccc(C2NC(=O)N(c3ccc(C)cc3)C(C)=C2c2nc(-c3cccc(OC)c3)no2)cc1. The van der Waals surface area contributed by atoms with Gasteiger partial charge in [-0.1, -0.05) is 47.1 Å². The van der Waals surface area contributed by atoms with Gasteiger partial charge in [0.25, 0.3) is 5.89 Å². The molecule has 2 heterocycles. The topological polar surface area (TPSA) is 89.7 Å². The van der Waals surface area contributed by atoms with E-state index in [9.17, 15) is 4.79 Å². The number of carbonyl (C=O) groups excluding carboxylic acids is 1. The van der Waals surface area contributed by atoms with E-state index in [0.717, 1.165) is 28.1 Å². The number of hydrogen-bond acceptors (Lipinski definition) is 6. The monoisotopic (exact) mass is 482 g/mol. The number of nitrogens with one attached hydrogen (secondary N) is 1. The fourth-order valence-electron chi connectivity index (χ4n) is 4.28. The van der Waals surface area contributed by atoms with E-state index in [0.29, 0.717) is 28.7 Å². The highest BCUT2D eigenvalue weighted by atomic mass is 16.5. The summed E-state index contributed by atoms with van der Waals surface area (Å²) in [4.78, 5) is 19.7. The first-order valence-electron chi connectivity index (χ1n) is 11.5. The molecule has 1 aliphatic heterocycles. The highest BCUT2D eigenvalue weighted by Gasteiger charge is 2.36. The van der Waals surface area contributed by atoms with Crippen molar-refractivity contribution in [2.75, 3.05) is 19.1 Å². The molecule has 182 valence electrons. The second kappa shape index (κ2) is 9.58. The van der Waals surface area contributed by atoms with Crippen molar-refractivity contribution in [2.24, 2.45) is 0 Å². The summed E-state index contributed by atoms with van der Waals surface area (Å²) in [6.07, 6.45) is 0. The van der Waals surface area contributed by atoms with Crippen molar-refractivity contribution in [3.8, 4) is 22.9 Å². The van der Waals surface area contributed by atoms with Gasteiger partial charge in [0, 0.05) is 11.3 Å². The number of allylic oxidation sites excluding steroid dienone is 1. The summed E-state index contributed by atoms with van der Waals surface area (Å²) in [5, 5.41) is 7.35. The average Bonchev–Trinajstić information content (AvgIpc) is 3.39. The minimum Gasteiger partial charge on any atom is -0.497 e. The maximum Gasteiger partial charge on any atom is 0.326 e. The first kappa shape index (κ1) is 23.2. The van der Waals surface area contributed by atoms with E-state index in [-0.39, 0.29) is 6.03 Å². The molecule has 36 heavy (non-hydrogen) atoms. The maximum atomic E-state index is 13.3. The molecular formula is C28H26N4O4. The summed E-state index contributed by atoms with van der Waals surface area (Å²) < 4.78 is 16.4. The number of ether oxygens (including phenoxy) is 2. The quantitative estimate of drug-likeness (QED) is 0.376. The fraction of sp³-hybridized carbons (Fsp3) is 0.179. The van der Waals surface area contributed by atoms with Crippen molar-refractivity contribution >= 4 is 17.3 Å². The van der Waals surface area contributed by atoms with Crippen LogP contribution in [0.4, 0.5) is 10.5 Å². The van der Waals surface area contributed by atoms with Crippen molar-refractivity contribution < 1.29 is 18.8 Å². The molecule has 1 unspecified atom stereocenters. The molecule has 1 atom stereocenters. The van der Waals surface area contributed by atoms with E-state index in [2.05, 4.69) is 10.5 Å². The minimum absolute atomic E-state index is 0.242. The predicted octanol–water partition coefficient (Wildman–Crippen LogP) is 5.76. The van der Waals surface area contributed by atoms with Gasteiger partial charge in [-0.15, -0.1) is 0 Å². The second-order valence-electron chi connectivity index (χ2n) is 8.48. The van der Waals surface area contributed by atoms with Crippen molar-refractivity contribution in [3.63, 3.8) is 0 Å². The van der Waals surface area contributed by atoms with Crippen molar-refractivity contribution in [1.29, 1.82) is 0 Å². The lowest BCUT2D eigenvalue weighted by molar-refractivity contribution is 0.244. The Morgan fingerprint density at radius 1 is 0.917 bits per heavy atom. The van der Waals surface area contributed by atoms with E-state index in [1.807, 2.05) is 86.6 Å². The largest absolute Gasteiger partial charge is 0.497 e. The lowest BCUT2D eigenvalue weighted by Gasteiger charge is -2.35. The molecule has 3 aromatic carbocycles. The van der Waals surface area contributed by atoms with Crippen LogP contribution in [0.15, 0.2) is 83.0 Å². The van der Waals surface area contributed by atoms with E-state index in [1.54, 1.807) is 19.1 Å². The Morgan fingerprint density at radius 3 is 2.33 bits per heavy atom. The molecule has 1 aliphatic rings. The van der Waals surface area contributed by atoms with E-state index < -0.39 is 6.04 Å². The molecule has 0 saturated heterocycles. The highest BCUT2D eigenvalue weighted by molar-refractivity contribution is 6.01. The van der Waals surface area contributed by atoms with Crippen molar-refractivity contribution in [3.05, 3.63) is 95.5 Å². The number of aromatic nitrogens is 2. The summed E-state index contributed by atoms with van der Waals surface area (Å²) in [5.41, 5.74) is 4.89. The average molecular weight is 483 g/mol. The van der Waals surface area contributed by atoms with Gasteiger partial charge in [0.05, 0.1) is 31.5 Å². The Balaban J connectivity index is 1.63. The number of benzene rings is 3. The third kappa shape index (κ3) is 4.29. The van der Waals surface area contributed by atoms with Crippen LogP contribution in [0.1, 0.15) is 30.0 Å². The Kier molecular flexibility index (Phi) is 6.16. The van der Waals surface area contributed by atoms with Crippen LogP contribution in [0.2, 0.25) is 0 Å². The van der Waals surface area contributed by atoms with E-state index in [4.69, 9.17) is 19.0 Å². The van der Waals surface area contributed by atoms with Gasteiger partial charge in [-0.2, -0.15) is 4.98 Å². The predicted molar refractivity (Wildman–Crippen MR) is 137 cm³/mol. The van der Waals surface area contributed by atoms with Crippen LogP contribution in [-0.2, 0) is 0 Å². The van der Waals surface area contributed by atoms with Gasteiger partial charge >= 0.3 is 6.03 Å². The van der Waals surface area contributed by atoms with Gasteiger partial charge in [-0.05, 0) is 55.8 Å². The molecule has 4 aromatic rings. The number of methoxy groups -OCH3 is 2. The lowest BCUT2D eigenvalue weighted by Crippen LogP contribution is -2.46. The van der Waals surface area contributed by atoms with Crippen LogP contribution in [0.25, 0.3) is 17.0 Å². The number of carbonyl (C=O) groups is 1. The Bertz CT molecular complexity index is 1420. The van der Waals surface area contributed by atoms with Gasteiger partial charge in [0.15, 0.2) is 0 Å². The smallest absolute Gasteiger partial charge is 0.326 e. The van der Waals surface area contributed by atoms with Crippen LogP contribution >= 0.6 is 0 Å². The summed E-state index contributed by atoms with van der Waals surface area (Å²) in [6, 6.07) is 22.0. The van der Waals surface area contributed by atoms with Crippen LogP contribution in [0.5, 0.6) is 11.5 Å². The van der Waals surface area contributed by atoms with Gasteiger partial charge in [0.2, 0.25) is 5.82 Å². The molecule has 0 fully saturated rings. The number of rotatable bonds is 6. The zero-order chi connectivity index (χ0) is 25.2. The molecule has 2 amide bonds. The van der Waals surface area contributed by atoms with Gasteiger partial charge in [-0.3, -0.25) is 4.90 Å². The molecule has 0 saturated carbocycles. The van der Waals surface area contributed by atoms with Gasteiger partial charge in [-0.25, -0.2) is 4.79 Å². The summed E-state index contributed by atoms with van der Waals surface area (Å²) in [5.74, 6) is 2.17. The van der Waals surface area contributed by atoms with Crippen molar-refractivity contribution in [1.82, 2.24) is 15.5 Å². The zero-order valence-corrected chi connectivity index (χ0v) is 20.5. The van der Waals surface area contributed by atoms with Crippen LogP contribution in [0.3, 0.4) is 0 Å². The molecule has 0 spiro atoms. The molecule has 5 rings (SSSR count). The zero-order valence-electron chi connectivity index (χ0n) is 20.5. The number of urea groups is 1. The van der Waals surface area contributed by atoms with Gasteiger partial charge in [0.1, 0.15) is 11.5 Å². The molecule has 1 aromatic heterocycles. The summed E-state index contributed by atoms with van der Waals surface area (Å²) in [6.45, 7) is 3.90. The molecular weight excluding hydrogens is 456 g/mol. The van der Waals surface area contributed by atoms with Crippen LogP contribution in [-0.4, -0.2) is 30.4 Å². The number of nitrogens with zero attached hydrogens (tertiary/aromatic N) is 3. The summed E-state index contributed by atoms with van der Waals surface area (Å²) in [7, 11) is 3.23. The standard InChI is InChI=1S/C28H26N4O4/c1-17-8-12-21(13-9-17)32-18(2)24(25(29-28(32)33)19-10-14-22(34-3)15-11-19)27-30-26(31-36-27)20-6-5-7-23(16-20)35-4/h5-16,25H,1-4H3,(H,29,33). The summed E-state index contributed by atoms with van der Waals surface area (Å²) >= 11 is 0. The molecule has 8 heteroatoms. The normalized spacial score (nSPS) is 15.6. The number of hydrogen-bond donors (Lipinski definition) is 1. The van der Waals surface area contributed by atoms with Crippen LogP contribution < -0.4 is 19.7 Å². The minimum atomic E-state index is -0.497. The first-order valence-corrected chi connectivity index (χ1v) is 11.5. The Morgan fingerprint density at radius 2 is 1.64 bits per heavy atom. The van der Waals surface area contributed by atoms with Crippen molar-refractivity contribution in [2.45, 2.75) is 19.9 Å². The number of anilines is 1. The van der Waals surface area contributed by atoms with E-state index >= 15 is 0 Å².